The Morgan fingerprint density at radius 1 is 1.37 bits per heavy atom. The van der Waals surface area contributed by atoms with Crippen molar-refractivity contribution in [2.24, 2.45) is 0 Å². The zero-order valence-corrected chi connectivity index (χ0v) is 11.7. The van der Waals surface area contributed by atoms with Gasteiger partial charge in [-0.25, -0.2) is 0 Å². The lowest BCUT2D eigenvalue weighted by Gasteiger charge is -2.11. The van der Waals surface area contributed by atoms with Gasteiger partial charge >= 0.3 is 0 Å². The normalized spacial score (nSPS) is 16.6. The van der Waals surface area contributed by atoms with Crippen LogP contribution in [0.25, 0.3) is 0 Å². The number of Topliss-reactive ketones (excluding diaryl/α,β-unsaturated/α-hetero) is 1. The van der Waals surface area contributed by atoms with Crippen molar-refractivity contribution in [1.29, 1.82) is 0 Å². The molecule has 0 saturated heterocycles. The molecule has 4 heteroatoms. The lowest BCUT2D eigenvalue weighted by Crippen LogP contribution is -2.34. The Balaban J connectivity index is 2.04. The number of aryl methyl sites for hydroxylation is 1. The fourth-order valence-corrected chi connectivity index (χ4v) is 2.42. The van der Waals surface area contributed by atoms with E-state index in [1.165, 1.54) is 0 Å². The minimum Gasteiger partial charge on any atom is -0.352 e. The van der Waals surface area contributed by atoms with Crippen molar-refractivity contribution in [1.82, 2.24) is 9.88 Å². The quantitative estimate of drug-likeness (QED) is 0.847. The summed E-state index contributed by atoms with van der Waals surface area (Å²) < 4.78 is 1.84. The highest BCUT2D eigenvalue weighted by atomic mass is 16.2. The number of nitrogens with zero attached hydrogens (tertiary/aromatic N) is 1. The third-order valence-electron chi connectivity index (χ3n) is 3.71. The first-order valence-corrected chi connectivity index (χ1v) is 7.11. The van der Waals surface area contributed by atoms with E-state index in [0.29, 0.717) is 13.0 Å². The molecule has 2 rings (SSSR count). The van der Waals surface area contributed by atoms with E-state index in [0.717, 1.165) is 36.8 Å². The highest BCUT2D eigenvalue weighted by molar-refractivity contribution is 5.97. The Morgan fingerprint density at radius 2 is 2.11 bits per heavy atom. The van der Waals surface area contributed by atoms with Crippen LogP contribution in [0.2, 0.25) is 0 Å². The molecule has 0 bridgehead atoms. The molecule has 1 N–H and O–H groups in total. The van der Waals surface area contributed by atoms with E-state index in [-0.39, 0.29) is 17.7 Å². The molecular formula is C15H22N2O2. The maximum Gasteiger partial charge on any atom is 0.240 e. The zero-order chi connectivity index (χ0) is 13.8. The highest BCUT2D eigenvalue weighted by Gasteiger charge is 2.18. The summed E-state index contributed by atoms with van der Waals surface area (Å²) >= 11 is 0. The smallest absolute Gasteiger partial charge is 0.240 e. The van der Waals surface area contributed by atoms with Crippen molar-refractivity contribution in [2.45, 2.75) is 58.5 Å². The number of ketones is 1. The van der Waals surface area contributed by atoms with Gasteiger partial charge in [-0.15, -0.1) is 0 Å². The van der Waals surface area contributed by atoms with E-state index in [1.54, 1.807) is 0 Å². The average molecular weight is 262 g/mol. The van der Waals surface area contributed by atoms with Gasteiger partial charge in [0.1, 0.15) is 6.54 Å². The molecule has 0 aliphatic heterocycles. The van der Waals surface area contributed by atoms with Crippen LogP contribution in [0.4, 0.5) is 0 Å². The average Bonchev–Trinajstić information content (AvgIpc) is 2.69. The second-order valence-electron chi connectivity index (χ2n) is 5.38. The van der Waals surface area contributed by atoms with Crippen LogP contribution < -0.4 is 5.32 Å². The SMILES string of the molecule is CCC(C)NC(=O)Cn1cc2c(c1)C(=O)CCCC2. The first-order valence-electron chi connectivity index (χ1n) is 7.11. The summed E-state index contributed by atoms with van der Waals surface area (Å²) in [5.41, 5.74) is 1.91. The molecule has 104 valence electrons. The molecule has 4 nitrogen and oxygen atoms in total. The molecule has 1 aliphatic rings. The summed E-state index contributed by atoms with van der Waals surface area (Å²) in [5.74, 6) is 0.223. The predicted molar refractivity (Wildman–Crippen MR) is 74.2 cm³/mol. The fourth-order valence-electron chi connectivity index (χ4n) is 2.42. The zero-order valence-electron chi connectivity index (χ0n) is 11.7. The lowest BCUT2D eigenvalue weighted by molar-refractivity contribution is -0.122. The van der Waals surface area contributed by atoms with Crippen molar-refractivity contribution in [2.75, 3.05) is 0 Å². The molecule has 1 unspecified atom stereocenters. The van der Waals surface area contributed by atoms with Crippen molar-refractivity contribution in [3.8, 4) is 0 Å². The van der Waals surface area contributed by atoms with Crippen LogP contribution in [0.3, 0.4) is 0 Å². The van der Waals surface area contributed by atoms with Crippen LogP contribution in [-0.2, 0) is 17.8 Å². The van der Waals surface area contributed by atoms with Gasteiger partial charge in [-0.1, -0.05) is 6.92 Å². The van der Waals surface area contributed by atoms with Gasteiger partial charge in [0, 0.05) is 30.4 Å². The molecular weight excluding hydrogens is 240 g/mol. The fraction of sp³-hybridized carbons (Fsp3) is 0.600. The maximum atomic E-state index is 11.9. The highest BCUT2D eigenvalue weighted by Crippen LogP contribution is 2.21. The minimum atomic E-state index is 0.00644. The Kier molecular flexibility index (Phi) is 4.40. The third kappa shape index (κ3) is 3.46. The summed E-state index contributed by atoms with van der Waals surface area (Å²) in [6, 6.07) is 0.197. The van der Waals surface area contributed by atoms with Crippen molar-refractivity contribution >= 4 is 11.7 Å². The molecule has 19 heavy (non-hydrogen) atoms. The van der Waals surface area contributed by atoms with E-state index in [9.17, 15) is 9.59 Å². The summed E-state index contributed by atoms with van der Waals surface area (Å²) in [6.45, 7) is 4.33. The first-order chi connectivity index (χ1) is 9.10. The first kappa shape index (κ1) is 13.8. The maximum absolute atomic E-state index is 11.9. The Bertz CT molecular complexity index is 476. The molecule has 1 amide bonds. The van der Waals surface area contributed by atoms with Gasteiger partial charge < -0.3 is 9.88 Å². The van der Waals surface area contributed by atoms with E-state index < -0.39 is 0 Å². The Hall–Kier alpha value is -1.58. The summed E-state index contributed by atoms with van der Waals surface area (Å²) in [4.78, 5) is 23.7. The second kappa shape index (κ2) is 6.04. The van der Waals surface area contributed by atoms with Crippen molar-refractivity contribution < 1.29 is 9.59 Å². The van der Waals surface area contributed by atoms with Crippen LogP contribution in [0.15, 0.2) is 12.4 Å². The van der Waals surface area contributed by atoms with Gasteiger partial charge in [0.15, 0.2) is 5.78 Å². The lowest BCUT2D eigenvalue weighted by atomic mass is 10.1. The van der Waals surface area contributed by atoms with Crippen LogP contribution in [0, 0.1) is 0 Å². The van der Waals surface area contributed by atoms with E-state index in [4.69, 9.17) is 0 Å². The van der Waals surface area contributed by atoms with Crippen LogP contribution in [0.5, 0.6) is 0 Å². The van der Waals surface area contributed by atoms with Crippen LogP contribution in [-0.4, -0.2) is 22.3 Å². The minimum absolute atomic E-state index is 0.00644. The number of hydrogen-bond acceptors (Lipinski definition) is 2. The van der Waals surface area contributed by atoms with Crippen molar-refractivity contribution in [3.05, 3.63) is 23.5 Å². The standard InChI is InChI=1S/C15H22N2O2/c1-3-11(2)16-15(19)10-17-8-12-6-4-5-7-14(18)13(12)9-17/h8-9,11H,3-7,10H2,1-2H3,(H,16,19). The summed E-state index contributed by atoms with van der Waals surface area (Å²) in [6.07, 6.45) is 8.32. The number of amides is 1. The van der Waals surface area contributed by atoms with Crippen molar-refractivity contribution in [3.63, 3.8) is 0 Å². The topological polar surface area (TPSA) is 51.1 Å². The van der Waals surface area contributed by atoms with Gasteiger partial charge in [0.05, 0.1) is 0 Å². The van der Waals surface area contributed by atoms with E-state index in [1.807, 2.05) is 30.8 Å². The molecule has 1 aromatic rings. The molecule has 0 radical (unpaired) electrons. The molecule has 0 fully saturated rings. The molecule has 0 saturated carbocycles. The number of carbonyl (C=O) groups is 2. The predicted octanol–water partition coefficient (Wildman–Crippen LogP) is 2.31. The monoisotopic (exact) mass is 262 g/mol. The van der Waals surface area contributed by atoms with Gasteiger partial charge in [0.2, 0.25) is 5.91 Å². The van der Waals surface area contributed by atoms with Gasteiger partial charge in [0.25, 0.3) is 0 Å². The number of nitrogens with one attached hydrogen (secondary N) is 1. The number of aromatic nitrogens is 1. The molecule has 1 heterocycles. The summed E-state index contributed by atoms with van der Waals surface area (Å²) in [7, 11) is 0. The molecule has 0 spiro atoms. The largest absolute Gasteiger partial charge is 0.352 e. The molecule has 0 aromatic carbocycles. The van der Waals surface area contributed by atoms with E-state index in [2.05, 4.69) is 5.32 Å². The Morgan fingerprint density at radius 3 is 2.84 bits per heavy atom. The number of fused-ring (bicyclic) bond motifs is 1. The van der Waals surface area contributed by atoms with Gasteiger partial charge in [-0.2, -0.15) is 0 Å². The molecule has 1 aliphatic carbocycles. The Labute approximate surface area is 114 Å². The number of carbonyl (C=O) groups excluding carboxylic acids is 2. The van der Waals surface area contributed by atoms with Crippen LogP contribution >= 0.6 is 0 Å². The summed E-state index contributed by atoms with van der Waals surface area (Å²) in [5, 5.41) is 2.94. The number of hydrogen-bond donors (Lipinski definition) is 1. The van der Waals surface area contributed by atoms with Gasteiger partial charge in [-0.3, -0.25) is 9.59 Å². The van der Waals surface area contributed by atoms with Gasteiger partial charge in [-0.05, 0) is 38.2 Å². The van der Waals surface area contributed by atoms with Crippen LogP contribution in [0.1, 0.15) is 55.5 Å². The van der Waals surface area contributed by atoms with E-state index >= 15 is 0 Å². The molecule has 1 atom stereocenters. The number of rotatable bonds is 4. The second-order valence-corrected chi connectivity index (χ2v) is 5.38. The third-order valence-corrected chi connectivity index (χ3v) is 3.71. The molecule has 1 aromatic heterocycles.